The summed E-state index contributed by atoms with van der Waals surface area (Å²) in [5.74, 6) is 1.92. The van der Waals surface area contributed by atoms with E-state index in [1.165, 1.54) is 10.4 Å². The Kier molecular flexibility index (Phi) is 2.77. The van der Waals surface area contributed by atoms with Gasteiger partial charge >= 0.3 is 0 Å². The average molecular weight is 263 g/mol. The van der Waals surface area contributed by atoms with Crippen LogP contribution in [0, 0.1) is 11.3 Å². The van der Waals surface area contributed by atoms with Gasteiger partial charge in [0.05, 0.1) is 12.0 Å². The van der Waals surface area contributed by atoms with E-state index in [0.29, 0.717) is 17.9 Å². The van der Waals surface area contributed by atoms with Crippen molar-refractivity contribution in [2.45, 2.75) is 46.1 Å². The van der Waals surface area contributed by atoms with Crippen molar-refractivity contribution in [3.63, 3.8) is 0 Å². The van der Waals surface area contributed by atoms with E-state index in [2.05, 4.69) is 39.1 Å². The minimum Gasteiger partial charge on any atom is -0.478 e. The smallest absolute Gasteiger partial charge is 0.192 e. The second-order valence-corrected chi connectivity index (χ2v) is 7.45. The molecular weight excluding hydrogens is 242 g/mol. The van der Waals surface area contributed by atoms with Crippen LogP contribution >= 0.6 is 11.3 Å². The largest absolute Gasteiger partial charge is 0.478 e. The van der Waals surface area contributed by atoms with Crippen molar-refractivity contribution in [2.75, 3.05) is 6.61 Å². The van der Waals surface area contributed by atoms with Crippen LogP contribution in [0.15, 0.2) is 16.4 Å². The molecule has 0 N–H and O–H groups in total. The molecule has 98 valence electrons. The lowest BCUT2D eigenvalue weighted by atomic mass is 9.81. The number of rotatable bonds is 2. The maximum absolute atomic E-state index is 5.93. The first-order chi connectivity index (χ1) is 8.49. The fourth-order valence-corrected chi connectivity index (χ4v) is 4.28. The van der Waals surface area contributed by atoms with Crippen LogP contribution in [0.1, 0.15) is 44.1 Å². The SMILES string of the molecule is CC(C)[C@H]1COC([C@H]2c3sccc3CC2(C)C)=N1. The molecule has 0 spiro atoms. The lowest BCUT2D eigenvalue weighted by Crippen LogP contribution is -2.25. The molecule has 2 aliphatic rings. The van der Waals surface area contributed by atoms with E-state index in [0.717, 1.165) is 18.9 Å². The van der Waals surface area contributed by atoms with Gasteiger partial charge in [0.2, 0.25) is 0 Å². The Morgan fingerprint density at radius 2 is 2.22 bits per heavy atom. The van der Waals surface area contributed by atoms with Gasteiger partial charge in [0.25, 0.3) is 0 Å². The normalized spacial score (nSPS) is 29.3. The van der Waals surface area contributed by atoms with Crippen molar-refractivity contribution >= 4 is 17.2 Å². The molecule has 0 saturated heterocycles. The molecule has 2 atom stereocenters. The highest BCUT2D eigenvalue weighted by Gasteiger charge is 2.45. The van der Waals surface area contributed by atoms with Gasteiger partial charge in [0, 0.05) is 4.88 Å². The van der Waals surface area contributed by atoms with E-state index in [4.69, 9.17) is 9.73 Å². The monoisotopic (exact) mass is 263 g/mol. The molecule has 0 aromatic carbocycles. The summed E-state index contributed by atoms with van der Waals surface area (Å²) in [6.07, 6.45) is 1.14. The Morgan fingerprint density at radius 1 is 1.44 bits per heavy atom. The minimum absolute atomic E-state index is 0.243. The van der Waals surface area contributed by atoms with E-state index in [1.54, 1.807) is 0 Å². The fourth-order valence-electron chi connectivity index (χ4n) is 3.05. The number of hydrogen-bond donors (Lipinski definition) is 0. The van der Waals surface area contributed by atoms with Crippen molar-refractivity contribution in [3.8, 4) is 0 Å². The number of hydrogen-bond acceptors (Lipinski definition) is 3. The number of nitrogens with zero attached hydrogens (tertiary/aromatic N) is 1. The third kappa shape index (κ3) is 1.80. The van der Waals surface area contributed by atoms with Crippen molar-refractivity contribution < 1.29 is 4.74 Å². The van der Waals surface area contributed by atoms with Gasteiger partial charge in [0.15, 0.2) is 5.90 Å². The number of ether oxygens (including phenoxy) is 1. The molecule has 18 heavy (non-hydrogen) atoms. The van der Waals surface area contributed by atoms with Crippen molar-refractivity contribution in [1.82, 2.24) is 0 Å². The molecule has 2 heterocycles. The van der Waals surface area contributed by atoms with Crippen molar-refractivity contribution in [3.05, 3.63) is 21.9 Å². The van der Waals surface area contributed by atoms with Crippen LogP contribution in [0.25, 0.3) is 0 Å². The first-order valence-electron chi connectivity index (χ1n) is 6.76. The highest BCUT2D eigenvalue weighted by Crippen LogP contribution is 2.50. The highest BCUT2D eigenvalue weighted by molar-refractivity contribution is 7.10. The number of thiophene rings is 1. The highest BCUT2D eigenvalue weighted by atomic mass is 32.1. The van der Waals surface area contributed by atoms with Crippen LogP contribution in [0.3, 0.4) is 0 Å². The third-order valence-electron chi connectivity index (χ3n) is 4.18. The van der Waals surface area contributed by atoms with Gasteiger partial charge in [-0.3, -0.25) is 0 Å². The van der Waals surface area contributed by atoms with Crippen LogP contribution in [-0.4, -0.2) is 18.5 Å². The maximum atomic E-state index is 5.93. The van der Waals surface area contributed by atoms with Crippen molar-refractivity contribution in [1.29, 1.82) is 0 Å². The Balaban J connectivity index is 1.95. The molecule has 1 aromatic rings. The maximum Gasteiger partial charge on any atom is 0.192 e. The Labute approximate surface area is 113 Å². The zero-order valence-corrected chi connectivity index (χ0v) is 12.4. The van der Waals surface area contributed by atoms with E-state index >= 15 is 0 Å². The Morgan fingerprint density at radius 3 is 2.89 bits per heavy atom. The van der Waals surface area contributed by atoms with Crippen molar-refractivity contribution in [2.24, 2.45) is 16.3 Å². The molecule has 2 nitrogen and oxygen atoms in total. The summed E-state index contributed by atoms with van der Waals surface area (Å²) >= 11 is 1.86. The average Bonchev–Trinajstić information content (AvgIpc) is 2.91. The predicted octanol–water partition coefficient (Wildman–Crippen LogP) is 3.87. The molecule has 0 unspecified atom stereocenters. The van der Waals surface area contributed by atoms with Gasteiger partial charge in [-0.1, -0.05) is 27.7 Å². The molecule has 0 bridgehead atoms. The van der Waals surface area contributed by atoms with Gasteiger partial charge in [-0.2, -0.15) is 0 Å². The Hall–Kier alpha value is -0.830. The topological polar surface area (TPSA) is 21.6 Å². The van der Waals surface area contributed by atoms with Crippen LogP contribution < -0.4 is 0 Å². The molecule has 1 aliphatic heterocycles. The van der Waals surface area contributed by atoms with Gasteiger partial charge in [-0.05, 0) is 34.8 Å². The molecule has 3 heteroatoms. The van der Waals surface area contributed by atoms with E-state index in [1.807, 2.05) is 11.3 Å². The summed E-state index contributed by atoms with van der Waals surface area (Å²) in [6.45, 7) is 9.87. The molecular formula is C15H21NOS. The standard InChI is InChI=1S/C15H21NOS/c1-9(2)11-8-17-14(16-11)12-13-10(5-6-18-13)7-15(12,3)4/h5-6,9,11-12H,7-8H2,1-4H3/t11-,12-/m1/s1. The fraction of sp³-hybridized carbons (Fsp3) is 0.667. The van der Waals surface area contributed by atoms with Gasteiger partial charge in [0.1, 0.15) is 6.61 Å². The quantitative estimate of drug-likeness (QED) is 0.794. The summed E-state index contributed by atoms with van der Waals surface area (Å²) in [5.41, 5.74) is 1.74. The van der Waals surface area contributed by atoms with Gasteiger partial charge in [-0.15, -0.1) is 11.3 Å². The molecule has 1 aliphatic carbocycles. The summed E-state index contributed by atoms with van der Waals surface area (Å²) in [6, 6.07) is 2.61. The molecule has 0 fully saturated rings. The molecule has 0 radical (unpaired) electrons. The first-order valence-corrected chi connectivity index (χ1v) is 7.64. The van der Waals surface area contributed by atoms with Crippen LogP contribution in [0.2, 0.25) is 0 Å². The molecule has 0 amide bonds. The van der Waals surface area contributed by atoms with Crippen LogP contribution in [0.5, 0.6) is 0 Å². The number of fused-ring (bicyclic) bond motifs is 1. The summed E-state index contributed by atoms with van der Waals surface area (Å²) in [4.78, 5) is 6.32. The lowest BCUT2D eigenvalue weighted by molar-refractivity contribution is 0.261. The zero-order valence-electron chi connectivity index (χ0n) is 11.6. The van der Waals surface area contributed by atoms with Crippen LogP contribution in [-0.2, 0) is 11.2 Å². The minimum atomic E-state index is 0.243. The van der Waals surface area contributed by atoms with Crippen LogP contribution in [0.4, 0.5) is 0 Å². The summed E-state index contributed by atoms with van der Waals surface area (Å²) < 4.78 is 5.93. The first kappa shape index (κ1) is 12.2. The lowest BCUT2D eigenvalue weighted by Gasteiger charge is -2.26. The summed E-state index contributed by atoms with van der Waals surface area (Å²) in [7, 11) is 0. The van der Waals surface area contributed by atoms with Gasteiger partial charge < -0.3 is 4.74 Å². The van der Waals surface area contributed by atoms with Gasteiger partial charge in [-0.25, -0.2) is 4.99 Å². The molecule has 0 saturated carbocycles. The Bertz CT molecular complexity index is 486. The number of aliphatic imine (C=N–C) groups is 1. The second-order valence-electron chi connectivity index (χ2n) is 6.50. The van der Waals surface area contributed by atoms with E-state index in [-0.39, 0.29) is 5.41 Å². The summed E-state index contributed by atoms with van der Waals surface area (Å²) in [5, 5.41) is 2.20. The predicted molar refractivity (Wildman–Crippen MR) is 76.6 cm³/mol. The van der Waals surface area contributed by atoms with E-state index < -0.39 is 0 Å². The van der Waals surface area contributed by atoms with E-state index in [9.17, 15) is 0 Å². The third-order valence-corrected chi connectivity index (χ3v) is 5.21. The molecule has 1 aromatic heterocycles. The second kappa shape index (κ2) is 4.09. The molecule has 3 rings (SSSR count). The zero-order chi connectivity index (χ0) is 12.9.